The Hall–Kier alpha value is -2.12. The Bertz CT molecular complexity index is 1060. The fourth-order valence-corrected chi connectivity index (χ4v) is 4.90. The number of piperazine rings is 1. The van der Waals surface area contributed by atoms with Crippen LogP contribution in [-0.4, -0.2) is 69.3 Å². The Morgan fingerprint density at radius 1 is 1.23 bits per heavy atom. The van der Waals surface area contributed by atoms with Crippen LogP contribution < -0.4 is 0 Å². The van der Waals surface area contributed by atoms with E-state index in [2.05, 4.69) is 10.2 Å². The van der Waals surface area contributed by atoms with Gasteiger partial charge in [-0.2, -0.15) is 27.7 Å². The van der Waals surface area contributed by atoms with Crippen molar-refractivity contribution in [3.8, 4) is 0 Å². The van der Waals surface area contributed by atoms with Crippen LogP contribution in [0.1, 0.15) is 24.4 Å². The third-order valence-corrected chi connectivity index (χ3v) is 7.24. The van der Waals surface area contributed by atoms with Crippen molar-refractivity contribution in [2.75, 3.05) is 26.2 Å². The van der Waals surface area contributed by atoms with E-state index < -0.39 is 38.9 Å². The fourth-order valence-electron chi connectivity index (χ4n) is 3.26. The largest absolute Gasteiger partial charge is 0.436 e. The molecule has 0 saturated carbocycles. The first kappa shape index (κ1) is 22.6. The summed E-state index contributed by atoms with van der Waals surface area (Å²) < 4.78 is 68.0. The second kappa shape index (κ2) is 7.85. The summed E-state index contributed by atoms with van der Waals surface area (Å²) in [5.74, 6) is -0.468. The van der Waals surface area contributed by atoms with Crippen molar-refractivity contribution < 1.29 is 26.4 Å². The van der Waals surface area contributed by atoms with Gasteiger partial charge in [0, 0.05) is 39.4 Å². The molecule has 14 heteroatoms. The van der Waals surface area contributed by atoms with Crippen molar-refractivity contribution in [1.29, 1.82) is 0 Å². The van der Waals surface area contributed by atoms with Crippen LogP contribution in [0.15, 0.2) is 17.3 Å². The van der Waals surface area contributed by atoms with Crippen LogP contribution in [0.2, 0.25) is 5.02 Å². The molecule has 0 N–H and O–H groups in total. The highest BCUT2D eigenvalue weighted by atomic mass is 35.5. The summed E-state index contributed by atoms with van der Waals surface area (Å²) in [6.45, 7) is 3.10. The molecule has 9 nitrogen and oxygen atoms in total. The molecule has 1 aliphatic rings. The number of aromatic nitrogens is 4. The van der Waals surface area contributed by atoms with Crippen LogP contribution in [-0.2, 0) is 28.0 Å². The molecule has 1 aliphatic heterocycles. The fraction of sp³-hybridized carbons (Fsp3) is 0.562. The van der Waals surface area contributed by atoms with E-state index in [-0.39, 0.29) is 36.8 Å². The molecule has 1 saturated heterocycles. The summed E-state index contributed by atoms with van der Waals surface area (Å²) in [5.41, 5.74) is -1.21. The highest BCUT2D eigenvalue weighted by Crippen LogP contribution is 2.36. The molecule has 2 aromatic rings. The van der Waals surface area contributed by atoms with Gasteiger partial charge in [-0.15, -0.1) is 0 Å². The number of aryl methyl sites for hydroxylation is 1. The highest BCUT2D eigenvalue weighted by Gasteiger charge is 2.40. The predicted octanol–water partition coefficient (Wildman–Crippen LogP) is 1.69. The Balaban J connectivity index is 1.71. The second-order valence-corrected chi connectivity index (χ2v) is 9.26. The molecule has 0 radical (unpaired) electrons. The zero-order chi connectivity index (χ0) is 22.4. The molecule has 1 fully saturated rings. The Kier molecular flexibility index (Phi) is 5.91. The number of rotatable bonds is 4. The lowest BCUT2D eigenvalue weighted by atomic mass is 10.2. The number of alkyl halides is 3. The van der Waals surface area contributed by atoms with Crippen LogP contribution in [0.5, 0.6) is 0 Å². The summed E-state index contributed by atoms with van der Waals surface area (Å²) in [4.78, 5) is 14.3. The normalized spacial score (nSPS) is 17.4. The molecule has 0 spiro atoms. The Morgan fingerprint density at radius 3 is 2.30 bits per heavy atom. The van der Waals surface area contributed by atoms with Gasteiger partial charge in [-0.1, -0.05) is 11.6 Å². The van der Waals surface area contributed by atoms with Gasteiger partial charge in [0.05, 0.1) is 16.9 Å². The standard InChI is InChI=1S/C16H20ClF3N6O3S/c1-10-13(17)14(16(18,19)20)22-26(10)11(2)15(27)24-4-6-25(7-5-24)30(28,29)12-8-21-23(3)9-12/h8-9,11H,4-7H2,1-3H3. The van der Waals surface area contributed by atoms with E-state index >= 15 is 0 Å². The summed E-state index contributed by atoms with van der Waals surface area (Å²) in [6.07, 6.45) is -2.10. The van der Waals surface area contributed by atoms with E-state index in [1.54, 1.807) is 7.05 Å². The zero-order valence-corrected chi connectivity index (χ0v) is 18.0. The van der Waals surface area contributed by atoms with Crippen LogP contribution in [0.25, 0.3) is 0 Å². The maximum atomic E-state index is 13.0. The van der Waals surface area contributed by atoms with Crippen molar-refractivity contribution in [2.24, 2.45) is 7.05 Å². The van der Waals surface area contributed by atoms with Crippen molar-refractivity contribution in [1.82, 2.24) is 28.8 Å². The number of carbonyl (C=O) groups is 1. The van der Waals surface area contributed by atoms with E-state index in [0.717, 1.165) is 4.68 Å². The van der Waals surface area contributed by atoms with Crippen molar-refractivity contribution >= 4 is 27.5 Å². The van der Waals surface area contributed by atoms with Crippen molar-refractivity contribution in [2.45, 2.75) is 31.0 Å². The average molecular weight is 469 g/mol. The smallest absolute Gasteiger partial charge is 0.338 e. The maximum Gasteiger partial charge on any atom is 0.436 e. The minimum atomic E-state index is -4.73. The lowest BCUT2D eigenvalue weighted by Gasteiger charge is -2.35. The van der Waals surface area contributed by atoms with E-state index in [1.165, 1.54) is 40.1 Å². The van der Waals surface area contributed by atoms with Crippen molar-refractivity contribution in [3.63, 3.8) is 0 Å². The molecule has 30 heavy (non-hydrogen) atoms. The molecule has 3 heterocycles. The maximum absolute atomic E-state index is 13.0. The molecule has 1 atom stereocenters. The van der Waals surface area contributed by atoms with Crippen LogP contribution in [0.3, 0.4) is 0 Å². The second-order valence-electron chi connectivity index (χ2n) is 6.95. The minimum absolute atomic E-state index is 0.0302. The molecule has 3 rings (SSSR count). The molecular formula is C16H20ClF3N6O3S. The molecular weight excluding hydrogens is 449 g/mol. The first-order valence-corrected chi connectivity index (χ1v) is 10.7. The molecule has 166 valence electrons. The summed E-state index contributed by atoms with van der Waals surface area (Å²) in [7, 11) is -2.13. The molecule has 0 aromatic carbocycles. The number of hydrogen-bond donors (Lipinski definition) is 0. The van der Waals surface area contributed by atoms with Gasteiger partial charge in [0.2, 0.25) is 15.9 Å². The van der Waals surface area contributed by atoms with E-state index in [0.29, 0.717) is 0 Å². The Morgan fingerprint density at radius 2 is 1.83 bits per heavy atom. The van der Waals surface area contributed by atoms with E-state index in [4.69, 9.17) is 11.6 Å². The van der Waals surface area contributed by atoms with Crippen LogP contribution in [0.4, 0.5) is 13.2 Å². The third kappa shape index (κ3) is 4.05. The lowest BCUT2D eigenvalue weighted by Crippen LogP contribution is -2.51. The number of nitrogens with zero attached hydrogens (tertiary/aromatic N) is 6. The highest BCUT2D eigenvalue weighted by molar-refractivity contribution is 7.89. The zero-order valence-electron chi connectivity index (χ0n) is 16.4. The monoisotopic (exact) mass is 468 g/mol. The van der Waals surface area contributed by atoms with E-state index in [1.807, 2.05) is 0 Å². The SMILES string of the molecule is Cc1c(Cl)c(C(F)(F)F)nn1C(C)C(=O)N1CCN(S(=O)(=O)c2cnn(C)c2)CC1. The van der Waals surface area contributed by atoms with E-state index in [9.17, 15) is 26.4 Å². The van der Waals surface area contributed by atoms with Gasteiger partial charge in [-0.3, -0.25) is 14.2 Å². The van der Waals surface area contributed by atoms with Crippen LogP contribution in [0, 0.1) is 6.92 Å². The minimum Gasteiger partial charge on any atom is -0.338 e. The van der Waals surface area contributed by atoms with Gasteiger partial charge in [0.1, 0.15) is 10.9 Å². The number of carbonyl (C=O) groups excluding carboxylic acids is 1. The van der Waals surface area contributed by atoms with Gasteiger partial charge < -0.3 is 4.90 Å². The molecule has 0 aliphatic carbocycles. The first-order chi connectivity index (χ1) is 13.8. The van der Waals surface area contributed by atoms with Crippen molar-refractivity contribution in [3.05, 3.63) is 28.8 Å². The molecule has 1 amide bonds. The summed E-state index contributed by atoms with van der Waals surface area (Å²) in [5, 5.41) is 6.80. The van der Waals surface area contributed by atoms with Gasteiger partial charge in [0.15, 0.2) is 5.69 Å². The topological polar surface area (TPSA) is 93.3 Å². The third-order valence-electron chi connectivity index (χ3n) is 4.94. The predicted molar refractivity (Wildman–Crippen MR) is 100 cm³/mol. The van der Waals surface area contributed by atoms with Gasteiger partial charge in [-0.05, 0) is 13.8 Å². The quantitative estimate of drug-likeness (QED) is 0.680. The Labute approximate surface area is 176 Å². The summed E-state index contributed by atoms with van der Waals surface area (Å²) >= 11 is 5.75. The van der Waals surface area contributed by atoms with Gasteiger partial charge >= 0.3 is 6.18 Å². The van der Waals surface area contributed by atoms with Gasteiger partial charge in [0.25, 0.3) is 0 Å². The average Bonchev–Trinajstić information content (AvgIpc) is 3.25. The van der Waals surface area contributed by atoms with Gasteiger partial charge in [-0.25, -0.2) is 8.42 Å². The number of hydrogen-bond acceptors (Lipinski definition) is 5. The number of sulfonamides is 1. The summed E-state index contributed by atoms with van der Waals surface area (Å²) in [6, 6.07) is -1.03. The first-order valence-electron chi connectivity index (χ1n) is 8.93. The number of amides is 1. The van der Waals surface area contributed by atoms with Crippen LogP contribution >= 0.6 is 11.6 Å². The molecule has 2 aromatic heterocycles. The molecule has 0 bridgehead atoms. The lowest BCUT2D eigenvalue weighted by molar-refractivity contribution is -0.142. The molecule has 1 unspecified atom stereocenters. The number of halogens is 4.